The zero-order chi connectivity index (χ0) is 24.4. The second-order valence-electron chi connectivity index (χ2n) is 10.7. The van der Waals surface area contributed by atoms with Crippen LogP contribution < -0.4 is 4.52 Å². The van der Waals surface area contributed by atoms with Gasteiger partial charge in [0.2, 0.25) is 0 Å². The van der Waals surface area contributed by atoms with E-state index in [0.717, 1.165) is 17.7 Å². The molecule has 3 nitrogen and oxygen atoms in total. The summed E-state index contributed by atoms with van der Waals surface area (Å²) in [5, 5.41) is 0. The third kappa shape index (κ3) is 15.8. The van der Waals surface area contributed by atoms with E-state index in [2.05, 4.69) is 40.7 Å². The van der Waals surface area contributed by atoms with Crippen LogP contribution in [0.2, 0.25) is 0 Å². The highest BCUT2D eigenvalue weighted by Gasteiger charge is 2.21. The molecular weight excluding hydrogens is 427 g/mol. The third-order valence-electron chi connectivity index (χ3n) is 6.32. The lowest BCUT2D eigenvalue weighted by Crippen LogP contribution is -2.13. The van der Waals surface area contributed by atoms with Gasteiger partial charge in [0.15, 0.2) is 0 Å². The SMILES string of the molecule is CCCCCCCCCCCCCCCCCCOP(O)Oc1ccc(C)cc1C(C)(C)C. The highest BCUT2D eigenvalue weighted by atomic mass is 31.2. The smallest absolute Gasteiger partial charge is 0.394 e. The number of hydrogen-bond donors (Lipinski definition) is 1. The molecule has 0 spiro atoms. The Morgan fingerprint density at radius 1 is 0.727 bits per heavy atom. The maximum Gasteiger partial charge on any atom is 0.394 e. The lowest BCUT2D eigenvalue weighted by molar-refractivity contribution is 0.252. The molecule has 4 heteroatoms. The van der Waals surface area contributed by atoms with Crippen LogP contribution in [0.25, 0.3) is 0 Å². The van der Waals surface area contributed by atoms with Crippen molar-refractivity contribution in [2.75, 3.05) is 6.61 Å². The van der Waals surface area contributed by atoms with E-state index < -0.39 is 8.60 Å². The molecule has 192 valence electrons. The van der Waals surface area contributed by atoms with Crippen molar-refractivity contribution in [1.29, 1.82) is 0 Å². The van der Waals surface area contributed by atoms with Gasteiger partial charge in [0.1, 0.15) is 5.75 Å². The maximum absolute atomic E-state index is 10.2. The minimum absolute atomic E-state index is 0.0363. The van der Waals surface area contributed by atoms with Crippen molar-refractivity contribution in [2.24, 2.45) is 0 Å². The van der Waals surface area contributed by atoms with Crippen LogP contribution in [0.15, 0.2) is 18.2 Å². The molecule has 1 rings (SSSR count). The molecule has 0 aliphatic carbocycles. The number of aryl methyl sites for hydroxylation is 1. The Kier molecular flexibility index (Phi) is 17.2. The van der Waals surface area contributed by atoms with E-state index in [1.807, 2.05) is 12.1 Å². The van der Waals surface area contributed by atoms with Gasteiger partial charge in [-0.1, -0.05) is 142 Å². The molecule has 0 bridgehead atoms. The van der Waals surface area contributed by atoms with Crippen molar-refractivity contribution >= 4 is 8.60 Å². The minimum Gasteiger partial charge on any atom is -0.427 e. The molecular formula is C29H53O3P. The molecule has 0 fully saturated rings. The van der Waals surface area contributed by atoms with Gasteiger partial charge < -0.3 is 13.9 Å². The van der Waals surface area contributed by atoms with Gasteiger partial charge in [-0.2, -0.15) is 0 Å². The summed E-state index contributed by atoms with van der Waals surface area (Å²) < 4.78 is 11.3. The standard InChI is InChI=1S/C29H53O3P/c1-6-7-8-9-10-11-12-13-14-15-16-17-18-19-20-21-24-31-33(30)32-28-23-22-26(2)25-27(28)29(3,4)5/h22-23,25,30H,6-21,24H2,1-5H3. The van der Waals surface area contributed by atoms with Gasteiger partial charge in [0.25, 0.3) is 0 Å². The summed E-state index contributed by atoms with van der Waals surface area (Å²) in [6.07, 6.45) is 21.7. The fourth-order valence-electron chi connectivity index (χ4n) is 4.21. The van der Waals surface area contributed by atoms with Crippen LogP contribution in [-0.2, 0) is 9.94 Å². The van der Waals surface area contributed by atoms with Crippen LogP contribution >= 0.6 is 8.60 Å². The van der Waals surface area contributed by atoms with Crippen LogP contribution in [0.3, 0.4) is 0 Å². The summed E-state index contributed by atoms with van der Waals surface area (Å²) in [6.45, 7) is 11.4. The van der Waals surface area contributed by atoms with E-state index in [1.165, 1.54) is 102 Å². The first-order valence-corrected chi connectivity index (χ1v) is 14.9. The number of rotatable bonds is 20. The van der Waals surface area contributed by atoms with Crippen molar-refractivity contribution in [3.05, 3.63) is 29.3 Å². The van der Waals surface area contributed by atoms with E-state index in [9.17, 15) is 4.89 Å². The highest BCUT2D eigenvalue weighted by molar-refractivity contribution is 7.41. The van der Waals surface area contributed by atoms with E-state index in [1.54, 1.807) is 0 Å². The Morgan fingerprint density at radius 2 is 1.18 bits per heavy atom. The largest absolute Gasteiger partial charge is 0.427 e. The van der Waals surface area contributed by atoms with Gasteiger partial charge in [-0.05, 0) is 24.8 Å². The molecule has 0 aliphatic heterocycles. The van der Waals surface area contributed by atoms with E-state index in [4.69, 9.17) is 9.05 Å². The number of benzene rings is 1. The first kappa shape index (κ1) is 30.4. The fourth-order valence-corrected chi connectivity index (χ4v) is 4.88. The lowest BCUT2D eigenvalue weighted by atomic mass is 9.85. The summed E-state index contributed by atoms with van der Waals surface area (Å²) in [5.74, 6) is 0.730. The molecule has 33 heavy (non-hydrogen) atoms. The van der Waals surface area contributed by atoms with Crippen molar-refractivity contribution in [3.8, 4) is 5.75 Å². The summed E-state index contributed by atoms with van der Waals surface area (Å²) >= 11 is 0. The summed E-state index contributed by atoms with van der Waals surface area (Å²) in [6, 6.07) is 6.09. The second-order valence-corrected chi connectivity index (χ2v) is 11.6. The lowest BCUT2D eigenvalue weighted by Gasteiger charge is -2.24. The summed E-state index contributed by atoms with van der Waals surface area (Å²) in [4.78, 5) is 10.2. The molecule has 0 amide bonds. The molecule has 1 N–H and O–H groups in total. The topological polar surface area (TPSA) is 38.7 Å². The van der Waals surface area contributed by atoms with Gasteiger partial charge in [-0.25, -0.2) is 0 Å². The minimum atomic E-state index is -1.87. The molecule has 0 aliphatic rings. The third-order valence-corrected chi connectivity index (χ3v) is 7.08. The van der Waals surface area contributed by atoms with Gasteiger partial charge in [0.05, 0.1) is 6.61 Å². The van der Waals surface area contributed by atoms with Crippen molar-refractivity contribution in [2.45, 2.75) is 143 Å². The van der Waals surface area contributed by atoms with Crippen LogP contribution in [0.1, 0.15) is 142 Å². The normalized spacial score (nSPS) is 12.8. The Balaban J connectivity index is 1.96. The van der Waals surface area contributed by atoms with Crippen molar-refractivity contribution in [1.82, 2.24) is 0 Å². The first-order chi connectivity index (χ1) is 15.8. The molecule has 1 aromatic carbocycles. The molecule has 0 aromatic heterocycles. The Labute approximate surface area is 207 Å². The molecule has 1 atom stereocenters. The zero-order valence-corrected chi connectivity index (χ0v) is 23.4. The average molecular weight is 481 g/mol. The van der Waals surface area contributed by atoms with Crippen LogP contribution in [0, 0.1) is 6.92 Å². The molecule has 0 saturated heterocycles. The summed E-state index contributed by atoms with van der Waals surface area (Å²) in [7, 11) is -1.87. The van der Waals surface area contributed by atoms with E-state index >= 15 is 0 Å². The Bertz CT molecular complexity index is 597. The summed E-state index contributed by atoms with van der Waals surface area (Å²) in [5.41, 5.74) is 2.27. The van der Waals surface area contributed by atoms with Crippen molar-refractivity contribution < 1.29 is 13.9 Å². The zero-order valence-electron chi connectivity index (χ0n) is 22.5. The maximum atomic E-state index is 10.2. The molecule has 0 saturated carbocycles. The predicted molar refractivity (Wildman–Crippen MR) is 145 cm³/mol. The molecule has 0 radical (unpaired) electrons. The molecule has 0 heterocycles. The van der Waals surface area contributed by atoms with Crippen LogP contribution in [0.5, 0.6) is 5.75 Å². The average Bonchev–Trinajstić information content (AvgIpc) is 2.76. The second kappa shape index (κ2) is 18.7. The van der Waals surface area contributed by atoms with E-state index in [0.29, 0.717) is 6.61 Å². The quantitative estimate of drug-likeness (QED) is 0.149. The van der Waals surface area contributed by atoms with Crippen LogP contribution in [0.4, 0.5) is 0 Å². The molecule has 1 unspecified atom stereocenters. The number of hydrogen-bond acceptors (Lipinski definition) is 3. The van der Waals surface area contributed by atoms with Crippen LogP contribution in [-0.4, -0.2) is 11.5 Å². The number of unbranched alkanes of at least 4 members (excludes halogenated alkanes) is 15. The highest BCUT2D eigenvalue weighted by Crippen LogP contribution is 2.40. The van der Waals surface area contributed by atoms with E-state index in [-0.39, 0.29) is 5.41 Å². The fraction of sp³-hybridized carbons (Fsp3) is 0.793. The Hall–Kier alpha value is -0.630. The monoisotopic (exact) mass is 480 g/mol. The van der Waals surface area contributed by atoms with Crippen molar-refractivity contribution in [3.63, 3.8) is 0 Å². The molecule has 1 aromatic rings. The van der Waals surface area contributed by atoms with Gasteiger partial charge in [-0.15, -0.1) is 0 Å². The Morgan fingerprint density at radius 3 is 1.64 bits per heavy atom. The van der Waals surface area contributed by atoms with Gasteiger partial charge in [-0.3, -0.25) is 0 Å². The van der Waals surface area contributed by atoms with Gasteiger partial charge >= 0.3 is 8.60 Å². The van der Waals surface area contributed by atoms with Gasteiger partial charge in [0, 0.05) is 5.56 Å². The first-order valence-electron chi connectivity index (χ1n) is 13.8. The predicted octanol–water partition coefficient (Wildman–Crippen LogP) is 10.2.